The third-order valence-corrected chi connectivity index (χ3v) is 4.24. The monoisotopic (exact) mass is 334 g/mol. The largest absolute Gasteiger partial charge is 0.444 e. The van der Waals surface area contributed by atoms with Crippen LogP contribution in [0.25, 0.3) is 0 Å². The standard InChI is InChI=1S/C21H22N2O2/c1-15-20(25-16(2)23-15)14-22-21(24)13-19(17-9-5-3-6-10-17)18-11-7-4-8-12-18/h3-12,19H,13-14H2,1-2H3,(H,22,24). The maximum absolute atomic E-state index is 12.5. The third kappa shape index (κ3) is 4.35. The van der Waals surface area contributed by atoms with Crippen molar-refractivity contribution in [2.75, 3.05) is 0 Å². The van der Waals surface area contributed by atoms with Gasteiger partial charge in [-0.05, 0) is 18.1 Å². The quantitative estimate of drug-likeness (QED) is 0.737. The summed E-state index contributed by atoms with van der Waals surface area (Å²) < 4.78 is 5.51. The number of aryl methyl sites for hydroxylation is 2. The van der Waals surface area contributed by atoms with Gasteiger partial charge < -0.3 is 9.73 Å². The Balaban J connectivity index is 1.72. The molecule has 2 aromatic carbocycles. The number of nitrogens with zero attached hydrogens (tertiary/aromatic N) is 1. The van der Waals surface area contributed by atoms with Crippen LogP contribution in [0.15, 0.2) is 65.1 Å². The fourth-order valence-electron chi connectivity index (χ4n) is 2.97. The van der Waals surface area contributed by atoms with E-state index in [1.165, 1.54) is 0 Å². The number of amides is 1. The minimum atomic E-state index is -0.00819. The van der Waals surface area contributed by atoms with Gasteiger partial charge in [-0.1, -0.05) is 60.7 Å². The maximum atomic E-state index is 12.5. The van der Waals surface area contributed by atoms with E-state index in [2.05, 4.69) is 34.6 Å². The van der Waals surface area contributed by atoms with Crippen molar-refractivity contribution in [3.8, 4) is 0 Å². The van der Waals surface area contributed by atoms with Crippen LogP contribution < -0.4 is 5.32 Å². The van der Waals surface area contributed by atoms with Crippen LogP contribution in [-0.4, -0.2) is 10.9 Å². The predicted molar refractivity (Wildman–Crippen MR) is 97.2 cm³/mol. The van der Waals surface area contributed by atoms with E-state index in [0.717, 1.165) is 16.8 Å². The molecule has 0 radical (unpaired) electrons. The maximum Gasteiger partial charge on any atom is 0.221 e. The molecule has 0 bridgehead atoms. The lowest BCUT2D eigenvalue weighted by molar-refractivity contribution is -0.121. The van der Waals surface area contributed by atoms with Gasteiger partial charge in [-0.2, -0.15) is 0 Å². The number of oxazole rings is 1. The first-order chi connectivity index (χ1) is 12.1. The Labute approximate surface area is 147 Å². The average Bonchev–Trinajstić information content (AvgIpc) is 2.96. The number of carbonyl (C=O) groups excluding carboxylic acids is 1. The Morgan fingerprint density at radius 1 is 1.00 bits per heavy atom. The van der Waals surface area contributed by atoms with E-state index in [1.807, 2.05) is 43.3 Å². The number of hydrogen-bond donors (Lipinski definition) is 1. The highest BCUT2D eigenvalue weighted by molar-refractivity contribution is 5.77. The molecule has 4 heteroatoms. The lowest BCUT2D eigenvalue weighted by Gasteiger charge is -2.17. The Hall–Kier alpha value is -2.88. The second-order valence-electron chi connectivity index (χ2n) is 6.10. The van der Waals surface area contributed by atoms with Crippen molar-refractivity contribution < 1.29 is 9.21 Å². The van der Waals surface area contributed by atoms with Gasteiger partial charge in [0.2, 0.25) is 5.91 Å². The molecule has 0 fully saturated rings. The number of rotatable bonds is 6. The van der Waals surface area contributed by atoms with Crippen molar-refractivity contribution >= 4 is 5.91 Å². The van der Waals surface area contributed by atoms with Gasteiger partial charge in [-0.3, -0.25) is 4.79 Å². The summed E-state index contributed by atoms with van der Waals surface area (Å²) in [5.41, 5.74) is 3.09. The summed E-state index contributed by atoms with van der Waals surface area (Å²) in [6, 6.07) is 20.2. The minimum Gasteiger partial charge on any atom is -0.444 e. The number of carbonyl (C=O) groups is 1. The van der Waals surface area contributed by atoms with E-state index in [-0.39, 0.29) is 11.8 Å². The lowest BCUT2D eigenvalue weighted by Crippen LogP contribution is -2.25. The molecular formula is C21H22N2O2. The van der Waals surface area contributed by atoms with Crippen LogP contribution >= 0.6 is 0 Å². The van der Waals surface area contributed by atoms with Crippen LogP contribution in [-0.2, 0) is 11.3 Å². The van der Waals surface area contributed by atoms with Crippen molar-refractivity contribution in [2.45, 2.75) is 32.7 Å². The summed E-state index contributed by atoms with van der Waals surface area (Å²) in [5.74, 6) is 1.35. The zero-order valence-corrected chi connectivity index (χ0v) is 14.5. The third-order valence-electron chi connectivity index (χ3n) is 4.24. The molecule has 128 valence electrons. The molecule has 0 aliphatic rings. The fraction of sp³-hybridized carbons (Fsp3) is 0.238. The Bertz CT molecular complexity index is 786. The highest BCUT2D eigenvalue weighted by atomic mass is 16.4. The zero-order chi connectivity index (χ0) is 17.6. The molecule has 1 amide bonds. The summed E-state index contributed by atoms with van der Waals surface area (Å²) in [5, 5.41) is 2.95. The Kier molecular flexibility index (Phi) is 5.29. The molecule has 1 heterocycles. The summed E-state index contributed by atoms with van der Waals surface area (Å²) in [4.78, 5) is 16.7. The number of aromatic nitrogens is 1. The number of hydrogen-bond acceptors (Lipinski definition) is 3. The van der Waals surface area contributed by atoms with Crippen LogP contribution in [0.2, 0.25) is 0 Å². The summed E-state index contributed by atoms with van der Waals surface area (Å²) in [6.07, 6.45) is 0.389. The topological polar surface area (TPSA) is 55.1 Å². The number of nitrogens with one attached hydrogen (secondary N) is 1. The minimum absolute atomic E-state index is 0.00819. The summed E-state index contributed by atoms with van der Waals surface area (Å²) in [6.45, 7) is 4.05. The molecule has 1 N–H and O–H groups in total. The second-order valence-corrected chi connectivity index (χ2v) is 6.10. The van der Waals surface area contributed by atoms with Gasteiger partial charge in [0.15, 0.2) is 5.89 Å². The SMILES string of the molecule is Cc1nc(C)c(CNC(=O)CC(c2ccccc2)c2ccccc2)o1. The lowest BCUT2D eigenvalue weighted by atomic mass is 9.88. The zero-order valence-electron chi connectivity index (χ0n) is 14.5. The van der Waals surface area contributed by atoms with Crippen LogP contribution in [0.3, 0.4) is 0 Å². The molecule has 0 aliphatic carbocycles. The highest BCUT2D eigenvalue weighted by Crippen LogP contribution is 2.27. The van der Waals surface area contributed by atoms with E-state index in [4.69, 9.17) is 4.42 Å². The molecule has 0 atom stereocenters. The Morgan fingerprint density at radius 2 is 1.56 bits per heavy atom. The van der Waals surface area contributed by atoms with Gasteiger partial charge in [-0.25, -0.2) is 4.98 Å². The molecule has 0 aliphatic heterocycles. The predicted octanol–water partition coefficient (Wildman–Crippen LogP) is 4.13. The van der Waals surface area contributed by atoms with Crippen LogP contribution in [0, 0.1) is 13.8 Å². The molecule has 0 spiro atoms. The molecule has 25 heavy (non-hydrogen) atoms. The van der Waals surface area contributed by atoms with Crippen LogP contribution in [0.5, 0.6) is 0 Å². The van der Waals surface area contributed by atoms with Crippen molar-refractivity contribution in [2.24, 2.45) is 0 Å². The van der Waals surface area contributed by atoms with Crippen molar-refractivity contribution in [3.05, 3.63) is 89.1 Å². The fourth-order valence-corrected chi connectivity index (χ4v) is 2.97. The number of benzene rings is 2. The molecule has 0 saturated heterocycles. The van der Waals surface area contributed by atoms with Gasteiger partial charge in [0.05, 0.1) is 12.2 Å². The first-order valence-corrected chi connectivity index (χ1v) is 8.43. The smallest absolute Gasteiger partial charge is 0.221 e. The first-order valence-electron chi connectivity index (χ1n) is 8.43. The van der Waals surface area contributed by atoms with Crippen molar-refractivity contribution in [3.63, 3.8) is 0 Å². The van der Waals surface area contributed by atoms with Crippen molar-refractivity contribution in [1.29, 1.82) is 0 Å². The molecule has 0 saturated carbocycles. The molecular weight excluding hydrogens is 312 g/mol. The molecule has 1 aromatic heterocycles. The van der Waals surface area contributed by atoms with E-state index >= 15 is 0 Å². The average molecular weight is 334 g/mol. The van der Waals surface area contributed by atoms with Crippen LogP contribution in [0.4, 0.5) is 0 Å². The summed E-state index contributed by atoms with van der Waals surface area (Å²) in [7, 11) is 0. The first kappa shape index (κ1) is 17.0. The van der Waals surface area contributed by atoms with Gasteiger partial charge in [0, 0.05) is 19.3 Å². The molecule has 3 aromatic rings. The van der Waals surface area contributed by atoms with Gasteiger partial charge in [0.1, 0.15) is 5.76 Å². The van der Waals surface area contributed by atoms with Gasteiger partial charge in [0.25, 0.3) is 0 Å². The van der Waals surface area contributed by atoms with E-state index in [9.17, 15) is 4.79 Å². The van der Waals surface area contributed by atoms with E-state index < -0.39 is 0 Å². The van der Waals surface area contributed by atoms with Crippen molar-refractivity contribution in [1.82, 2.24) is 10.3 Å². The highest BCUT2D eigenvalue weighted by Gasteiger charge is 2.18. The molecule has 0 unspecified atom stereocenters. The van der Waals surface area contributed by atoms with Gasteiger partial charge in [-0.15, -0.1) is 0 Å². The van der Waals surface area contributed by atoms with Gasteiger partial charge >= 0.3 is 0 Å². The van der Waals surface area contributed by atoms with Crippen LogP contribution in [0.1, 0.15) is 40.8 Å². The second kappa shape index (κ2) is 7.79. The van der Waals surface area contributed by atoms with E-state index in [1.54, 1.807) is 6.92 Å². The summed E-state index contributed by atoms with van der Waals surface area (Å²) >= 11 is 0. The molecule has 3 rings (SSSR count). The Morgan fingerprint density at radius 3 is 2.04 bits per heavy atom. The normalized spacial score (nSPS) is 10.8. The van der Waals surface area contributed by atoms with E-state index in [0.29, 0.717) is 24.6 Å². The molecule has 4 nitrogen and oxygen atoms in total.